The van der Waals surface area contributed by atoms with Crippen molar-refractivity contribution in [2.24, 2.45) is 0 Å². The number of ether oxygens (including phenoxy) is 2. The molecule has 0 amide bonds. The van der Waals surface area contributed by atoms with E-state index >= 15 is 0 Å². The summed E-state index contributed by atoms with van der Waals surface area (Å²) in [6.07, 6.45) is 5.38. The molecule has 4 rings (SSSR count). The van der Waals surface area contributed by atoms with E-state index in [1.54, 1.807) is 26.6 Å². The molecule has 0 bridgehead atoms. The predicted octanol–water partition coefficient (Wildman–Crippen LogP) is 3.78. The summed E-state index contributed by atoms with van der Waals surface area (Å²) in [6.45, 7) is 2.56. The van der Waals surface area contributed by atoms with E-state index in [9.17, 15) is 0 Å². The quantitative estimate of drug-likeness (QED) is 0.501. The second-order valence-corrected chi connectivity index (χ2v) is 6.52. The lowest BCUT2D eigenvalue weighted by atomic mass is 10.1. The van der Waals surface area contributed by atoms with Crippen LogP contribution in [0.4, 0.5) is 0 Å². The largest absolute Gasteiger partial charge is 0.493 e. The van der Waals surface area contributed by atoms with Crippen LogP contribution in [0.25, 0.3) is 22.6 Å². The van der Waals surface area contributed by atoms with E-state index in [1.165, 1.54) is 0 Å². The second-order valence-electron chi connectivity index (χ2n) is 6.52. The van der Waals surface area contributed by atoms with Gasteiger partial charge in [-0.2, -0.15) is 0 Å². The number of hydrogen-bond acceptors (Lipinski definition) is 6. The van der Waals surface area contributed by atoms with Crippen molar-refractivity contribution in [1.29, 1.82) is 0 Å². The van der Waals surface area contributed by atoms with Crippen molar-refractivity contribution in [2.75, 3.05) is 14.2 Å². The summed E-state index contributed by atoms with van der Waals surface area (Å²) in [5.41, 5.74) is 3.83. The Kier molecular flexibility index (Phi) is 5.20. The minimum absolute atomic E-state index is 0.629. The molecular weight excluding hydrogens is 366 g/mol. The maximum absolute atomic E-state index is 5.43. The average Bonchev–Trinajstić information content (AvgIpc) is 3.14. The third kappa shape index (κ3) is 3.80. The van der Waals surface area contributed by atoms with Gasteiger partial charge in [-0.15, -0.1) is 10.2 Å². The van der Waals surface area contributed by atoms with Crippen molar-refractivity contribution in [2.45, 2.75) is 13.5 Å². The van der Waals surface area contributed by atoms with E-state index in [1.807, 2.05) is 60.2 Å². The molecule has 0 saturated heterocycles. The van der Waals surface area contributed by atoms with Crippen LogP contribution in [0.3, 0.4) is 0 Å². The van der Waals surface area contributed by atoms with E-state index in [0.29, 0.717) is 23.9 Å². The monoisotopic (exact) mass is 387 g/mol. The van der Waals surface area contributed by atoms with Crippen LogP contribution in [-0.4, -0.2) is 39.0 Å². The Morgan fingerprint density at radius 3 is 2.48 bits per heavy atom. The maximum Gasteiger partial charge on any atom is 0.182 e. The van der Waals surface area contributed by atoms with Gasteiger partial charge >= 0.3 is 0 Å². The number of aryl methyl sites for hydroxylation is 1. The van der Waals surface area contributed by atoms with Gasteiger partial charge in [0.1, 0.15) is 11.5 Å². The number of nitrogens with zero attached hydrogens (tertiary/aromatic N) is 5. The van der Waals surface area contributed by atoms with Gasteiger partial charge in [0.25, 0.3) is 0 Å². The number of hydrogen-bond donors (Lipinski definition) is 0. The fraction of sp³-hybridized carbons (Fsp3) is 0.182. The summed E-state index contributed by atoms with van der Waals surface area (Å²) in [5, 5.41) is 8.62. The van der Waals surface area contributed by atoms with Gasteiger partial charge in [-0.3, -0.25) is 9.97 Å². The van der Waals surface area contributed by atoms with E-state index in [4.69, 9.17) is 9.47 Å². The molecular formula is C22H21N5O2. The minimum atomic E-state index is 0.629. The Bertz CT molecular complexity index is 1130. The molecule has 0 aliphatic rings. The van der Waals surface area contributed by atoms with Gasteiger partial charge in [0.15, 0.2) is 17.3 Å². The Hall–Kier alpha value is -3.74. The normalized spacial score (nSPS) is 10.7. The van der Waals surface area contributed by atoms with Gasteiger partial charge in [0.05, 0.1) is 20.8 Å². The first-order valence-electron chi connectivity index (χ1n) is 9.17. The minimum Gasteiger partial charge on any atom is -0.493 e. The Morgan fingerprint density at radius 1 is 0.897 bits per heavy atom. The van der Waals surface area contributed by atoms with Gasteiger partial charge in [-0.1, -0.05) is 12.1 Å². The topological polar surface area (TPSA) is 75.0 Å². The van der Waals surface area contributed by atoms with Crippen molar-refractivity contribution in [3.8, 4) is 34.1 Å². The molecule has 0 atom stereocenters. The molecule has 0 aliphatic heterocycles. The third-order valence-corrected chi connectivity index (χ3v) is 4.71. The molecule has 3 aromatic heterocycles. The fourth-order valence-electron chi connectivity index (χ4n) is 3.18. The van der Waals surface area contributed by atoms with Gasteiger partial charge in [-0.05, 0) is 53.9 Å². The van der Waals surface area contributed by atoms with Crippen LogP contribution in [0.15, 0.2) is 61.1 Å². The molecule has 0 N–H and O–H groups in total. The molecule has 0 radical (unpaired) electrons. The maximum atomic E-state index is 5.43. The van der Waals surface area contributed by atoms with E-state index in [0.717, 1.165) is 28.2 Å². The van der Waals surface area contributed by atoms with Crippen LogP contribution >= 0.6 is 0 Å². The van der Waals surface area contributed by atoms with E-state index in [2.05, 4.69) is 20.2 Å². The summed E-state index contributed by atoms with van der Waals surface area (Å²) < 4.78 is 12.8. The van der Waals surface area contributed by atoms with Crippen molar-refractivity contribution in [3.63, 3.8) is 0 Å². The van der Waals surface area contributed by atoms with Crippen molar-refractivity contribution < 1.29 is 9.47 Å². The molecule has 0 aliphatic carbocycles. The third-order valence-electron chi connectivity index (χ3n) is 4.71. The summed E-state index contributed by atoms with van der Waals surface area (Å²) >= 11 is 0. The molecule has 4 aromatic rings. The Morgan fingerprint density at radius 2 is 1.72 bits per heavy atom. The molecule has 7 heteroatoms. The number of pyridine rings is 2. The molecule has 0 unspecified atom stereocenters. The van der Waals surface area contributed by atoms with Crippen LogP contribution in [0.1, 0.15) is 11.4 Å². The zero-order valence-corrected chi connectivity index (χ0v) is 16.5. The highest BCUT2D eigenvalue weighted by Gasteiger charge is 2.14. The SMILES string of the molecule is COc1ccc(-c2ccnc(-c3nnc(C)n3Cc3cccnc3)c2)cc1OC. The molecule has 0 fully saturated rings. The zero-order chi connectivity index (χ0) is 20.2. The highest BCUT2D eigenvalue weighted by molar-refractivity contribution is 5.70. The van der Waals surface area contributed by atoms with Gasteiger partial charge in [0, 0.05) is 18.6 Å². The van der Waals surface area contributed by atoms with Crippen LogP contribution in [-0.2, 0) is 6.54 Å². The first-order valence-corrected chi connectivity index (χ1v) is 9.17. The molecule has 146 valence electrons. The summed E-state index contributed by atoms with van der Waals surface area (Å²) in [7, 11) is 3.25. The van der Waals surface area contributed by atoms with Gasteiger partial charge in [-0.25, -0.2) is 0 Å². The molecule has 7 nitrogen and oxygen atoms in total. The molecule has 3 heterocycles. The molecule has 1 aromatic carbocycles. The predicted molar refractivity (Wildman–Crippen MR) is 110 cm³/mol. The lowest BCUT2D eigenvalue weighted by molar-refractivity contribution is 0.355. The van der Waals surface area contributed by atoms with Crippen molar-refractivity contribution in [3.05, 3.63) is 72.4 Å². The summed E-state index contributed by atoms with van der Waals surface area (Å²) in [5.74, 6) is 2.91. The van der Waals surface area contributed by atoms with Crippen molar-refractivity contribution >= 4 is 0 Å². The number of methoxy groups -OCH3 is 2. The lowest BCUT2D eigenvalue weighted by Gasteiger charge is -2.11. The molecule has 0 spiro atoms. The van der Waals surface area contributed by atoms with Crippen LogP contribution in [0.5, 0.6) is 11.5 Å². The lowest BCUT2D eigenvalue weighted by Crippen LogP contribution is -2.05. The van der Waals surface area contributed by atoms with Gasteiger partial charge in [0.2, 0.25) is 0 Å². The number of aromatic nitrogens is 5. The standard InChI is InChI=1S/C22H21N5O2/c1-15-25-26-22(27(15)14-16-5-4-9-23-13-16)19-11-18(8-10-24-19)17-6-7-20(28-2)21(12-17)29-3/h4-13H,14H2,1-3H3. The molecule has 0 saturated carbocycles. The Labute approximate surface area is 169 Å². The highest BCUT2D eigenvalue weighted by atomic mass is 16.5. The van der Waals surface area contributed by atoms with Crippen LogP contribution < -0.4 is 9.47 Å². The number of rotatable bonds is 6. The van der Waals surface area contributed by atoms with E-state index in [-0.39, 0.29) is 0 Å². The van der Waals surface area contributed by atoms with Crippen LogP contribution in [0, 0.1) is 6.92 Å². The first-order chi connectivity index (χ1) is 14.2. The first kappa shape index (κ1) is 18.6. The zero-order valence-electron chi connectivity index (χ0n) is 16.5. The summed E-state index contributed by atoms with van der Waals surface area (Å²) in [6, 6.07) is 13.7. The number of benzene rings is 1. The highest BCUT2D eigenvalue weighted by Crippen LogP contribution is 2.33. The second kappa shape index (κ2) is 8.10. The van der Waals surface area contributed by atoms with Gasteiger partial charge < -0.3 is 14.0 Å². The van der Waals surface area contributed by atoms with Crippen molar-refractivity contribution in [1.82, 2.24) is 24.7 Å². The Balaban J connectivity index is 1.72. The van der Waals surface area contributed by atoms with E-state index < -0.39 is 0 Å². The van der Waals surface area contributed by atoms with Crippen LogP contribution in [0.2, 0.25) is 0 Å². The smallest absolute Gasteiger partial charge is 0.182 e. The average molecular weight is 387 g/mol. The summed E-state index contributed by atoms with van der Waals surface area (Å²) in [4.78, 5) is 8.72. The fourth-order valence-corrected chi connectivity index (χ4v) is 3.18. The molecule has 29 heavy (non-hydrogen) atoms.